The predicted octanol–water partition coefficient (Wildman–Crippen LogP) is 3.70. The molecule has 1 aromatic heterocycles. The van der Waals surface area contributed by atoms with Crippen molar-refractivity contribution in [3.63, 3.8) is 0 Å². The molecular weight excluding hydrogens is 291 g/mol. The minimum Gasteiger partial charge on any atom is -0.366 e. The molecule has 0 unspecified atom stereocenters. The van der Waals surface area contributed by atoms with E-state index in [4.69, 9.17) is 11.6 Å². The zero-order valence-electron chi connectivity index (χ0n) is 11.1. The fourth-order valence-electron chi connectivity index (χ4n) is 2.42. The first-order valence-electron chi connectivity index (χ1n) is 6.56. The van der Waals surface area contributed by atoms with E-state index in [1.165, 1.54) is 0 Å². The molecule has 20 heavy (non-hydrogen) atoms. The molecule has 2 N–H and O–H groups in total. The molecule has 0 aliphatic heterocycles. The highest BCUT2D eigenvalue weighted by molar-refractivity contribution is 6.33. The average molecular weight is 308 g/mol. The first kappa shape index (κ1) is 15.4. The Bertz CT molecular complexity index is 457. The Morgan fingerprint density at radius 3 is 2.30 bits per heavy atom. The van der Waals surface area contributed by atoms with Crippen molar-refractivity contribution in [2.24, 2.45) is 0 Å². The summed E-state index contributed by atoms with van der Waals surface area (Å²) in [4.78, 5) is 3.80. The quantitative estimate of drug-likeness (QED) is 0.894. The van der Waals surface area contributed by atoms with E-state index in [1.807, 2.05) is 7.05 Å². The van der Waals surface area contributed by atoms with Crippen molar-refractivity contribution in [3.8, 4) is 0 Å². The molecule has 1 aromatic rings. The second-order valence-corrected chi connectivity index (χ2v) is 5.44. The molecular formula is C13H17ClF3N3. The average Bonchev–Trinajstić information content (AvgIpc) is 2.41. The summed E-state index contributed by atoms with van der Waals surface area (Å²) in [6.45, 7) is 0. The lowest BCUT2D eigenvalue weighted by Crippen LogP contribution is -2.35. The van der Waals surface area contributed by atoms with Gasteiger partial charge in [-0.25, -0.2) is 4.98 Å². The summed E-state index contributed by atoms with van der Waals surface area (Å²) >= 11 is 5.87. The van der Waals surface area contributed by atoms with E-state index in [2.05, 4.69) is 15.6 Å². The van der Waals surface area contributed by atoms with Gasteiger partial charge in [-0.05, 0) is 38.8 Å². The first-order chi connectivity index (χ1) is 9.40. The lowest BCUT2D eigenvalue weighted by Gasteiger charge is -2.29. The van der Waals surface area contributed by atoms with Gasteiger partial charge in [-0.3, -0.25) is 0 Å². The van der Waals surface area contributed by atoms with Crippen molar-refractivity contribution in [2.45, 2.75) is 43.9 Å². The van der Waals surface area contributed by atoms with Gasteiger partial charge >= 0.3 is 6.18 Å². The van der Waals surface area contributed by atoms with Gasteiger partial charge < -0.3 is 10.6 Å². The molecule has 0 atom stereocenters. The van der Waals surface area contributed by atoms with E-state index in [9.17, 15) is 13.2 Å². The van der Waals surface area contributed by atoms with Crippen molar-refractivity contribution >= 4 is 17.4 Å². The third kappa shape index (κ3) is 3.76. The maximum atomic E-state index is 12.5. The highest BCUT2D eigenvalue weighted by Crippen LogP contribution is 2.33. The van der Waals surface area contributed by atoms with Crippen molar-refractivity contribution in [1.29, 1.82) is 0 Å². The molecule has 0 bridgehead atoms. The van der Waals surface area contributed by atoms with Gasteiger partial charge in [0.2, 0.25) is 0 Å². The molecule has 2 rings (SSSR count). The second-order valence-electron chi connectivity index (χ2n) is 5.03. The number of halogens is 4. The fraction of sp³-hybridized carbons (Fsp3) is 0.615. The number of nitrogens with zero attached hydrogens (tertiary/aromatic N) is 1. The summed E-state index contributed by atoms with van der Waals surface area (Å²) in [6.07, 6.45) is 0.362. The van der Waals surface area contributed by atoms with Crippen LogP contribution in [0.5, 0.6) is 0 Å². The van der Waals surface area contributed by atoms with Gasteiger partial charge in [0.1, 0.15) is 5.82 Å². The van der Waals surface area contributed by atoms with Crippen LogP contribution < -0.4 is 10.6 Å². The molecule has 0 aromatic carbocycles. The van der Waals surface area contributed by atoms with Gasteiger partial charge in [0.15, 0.2) is 0 Å². The van der Waals surface area contributed by atoms with Gasteiger partial charge in [-0.15, -0.1) is 0 Å². The van der Waals surface area contributed by atoms with Gasteiger partial charge in [-0.1, -0.05) is 11.6 Å². The molecule has 3 nitrogen and oxygen atoms in total. The van der Waals surface area contributed by atoms with E-state index < -0.39 is 11.7 Å². The van der Waals surface area contributed by atoms with Crippen molar-refractivity contribution in [2.75, 3.05) is 12.4 Å². The number of alkyl halides is 3. The van der Waals surface area contributed by atoms with Crippen LogP contribution in [0.3, 0.4) is 0 Å². The highest BCUT2D eigenvalue weighted by atomic mass is 35.5. The van der Waals surface area contributed by atoms with Crippen molar-refractivity contribution < 1.29 is 13.2 Å². The van der Waals surface area contributed by atoms with Gasteiger partial charge in [0.25, 0.3) is 0 Å². The summed E-state index contributed by atoms with van der Waals surface area (Å²) in [6, 6.07) is 1.64. The topological polar surface area (TPSA) is 37.0 Å². The van der Waals surface area contributed by atoms with E-state index in [0.717, 1.165) is 37.9 Å². The van der Waals surface area contributed by atoms with Gasteiger partial charge in [0.05, 0.1) is 10.6 Å². The maximum absolute atomic E-state index is 12.5. The first-order valence-corrected chi connectivity index (χ1v) is 6.94. The summed E-state index contributed by atoms with van der Waals surface area (Å²) < 4.78 is 37.5. The molecule has 1 fully saturated rings. The zero-order valence-corrected chi connectivity index (χ0v) is 11.9. The Kier molecular flexibility index (Phi) is 4.75. The van der Waals surface area contributed by atoms with Crippen LogP contribution in [-0.2, 0) is 6.18 Å². The Balaban J connectivity index is 2.00. The van der Waals surface area contributed by atoms with Gasteiger partial charge in [-0.2, -0.15) is 13.2 Å². The molecule has 0 amide bonds. The van der Waals surface area contributed by atoms with E-state index in [0.29, 0.717) is 11.9 Å². The minimum atomic E-state index is -4.42. The predicted molar refractivity (Wildman–Crippen MR) is 73.0 cm³/mol. The van der Waals surface area contributed by atoms with Gasteiger partial charge in [0, 0.05) is 18.3 Å². The Morgan fingerprint density at radius 2 is 1.80 bits per heavy atom. The number of hydrogen-bond donors (Lipinski definition) is 2. The SMILES string of the molecule is CNC1CCC(Nc2ncc(C(F)(F)F)cc2Cl)CC1. The molecule has 1 saturated carbocycles. The van der Waals surface area contributed by atoms with Crippen LogP contribution in [0, 0.1) is 0 Å². The fourth-order valence-corrected chi connectivity index (χ4v) is 2.64. The Hall–Kier alpha value is -1.01. The number of hydrogen-bond acceptors (Lipinski definition) is 3. The molecule has 1 aliphatic carbocycles. The van der Waals surface area contributed by atoms with Crippen LogP contribution in [0.2, 0.25) is 5.02 Å². The number of aromatic nitrogens is 1. The van der Waals surface area contributed by atoms with Crippen LogP contribution in [0.4, 0.5) is 19.0 Å². The Labute approximate surface area is 120 Å². The van der Waals surface area contributed by atoms with Crippen LogP contribution in [0.1, 0.15) is 31.2 Å². The normalized spacial score (nSPS) is 23.6. The molecule has 0 spiro atoms. The van der Waals surface area contributed by atoms with E-state index >= 15 is 0 Å². The van der Waals surface area contributed by atoms with Crippen LogP contribution >= 0.6 is 11.6 Å². The molecule has 1 heterocycles. The van der Waals surface area contributed by atoms with Crippen LogP contribution in [0.25, 0.3) is 0 Å². The van der Waals surface area contributed by atoms with Crippen molar-refractivity contribution in [1.82, 2.24) is 10.3 Å². The van der Waals surface area contributed by atoms with Crippen LogP contribution in [0.15, 0.2) is 12.3 Å². The minimum absolute atomic E-state index is 0.00978. The summed E-state index contributed by atoms with van der Waals surface area (Å²) in [7, 11) is 1.94. The van der Waals surface area contributed by atoms with E-state index in [1.54, 1.807) is 0 Å². The number of nitrogens with one attached hydrogen (secondary N) is 2. The molecule has 7 heteroatoms. The smallest absolute Gasteiger partial charge is 0.366 e. The number of anilines is 1. The molecule has 0 radical (unpaired) electrons. The molecule has 112 valence electrons. The standard InChI is InChI=1S/C13H17ClF3N3/c1-18-9-2-4-10(5-3-9)20-12-11(14)6-8(7-19-12)13(15,16)17/h6-7,9-10,18H,2-5H2,1H3,(H,19,20). The monoisotopic (exact) mass is 307 g/mol. The lowest BCUT2D eigenvalue weighted by atomic mass is 9.91. The number of pyridine rings is 1. The number of rotatable bonds is 3. The third-order valence-electron chi connectivity index (χ3n) is 3.64. The lowest BCUT2D eigenvalue weighted by molar-refractivity contribution is -0.137. The summed E-state index contributed by atoms with van der Waals surface area (Å²) in [5, 5.41) is 6.37. The Morgan fingerprint density at radius 1 is 1.20 bits per heavy atom. The van der Waals surface area contributed by atoms with Crippen LogP contribution in [-0.4, -0.2) is 24.1 Å². The van der Waals surface area contributed by atoms with E-state index in [-0.39, 0.29) is 11.1 Å². The molecule has 0 saturated heterocycles. The molecule has 1 aliphatic rings. The summed E-state index contributed by atoms with van der Waals surface area (Å²) in [5.41, 5.74) is -0.827. The summed E-state index contributed by atoms with van der Waals surface area (Å²) in [5.74, 6) is 0.326. The second kappa shape index (κ2) is 6.18. The largest absolute Gasteiger partial charge is 0.417 e. The maximum Gasteiger partial charge on any atom is 0.417 e. The highest BCUT2D eigenvalue weighted by Gasteiger charge is 2.31. The zero-order chi connectivity index (χ0) is 14.8. The van der Waals surface area contributed by atoms with Crippen molar-refractivity contribution in [3.05, 3.63) is 22.8 Å². The third-order valence-corrected chi connectivity index (χ3v) is 3.93.